The number of methoxy groups -OCH3 is 2. The third-order valence-corrected chi connectivity index (χ3v) is 10.9. The third-order valence-electron chi connectivity index (χ3n) is 10.9. The van der Waals surface area contributed by atoms with Gasteiger partial charge in [-0.15, -0.1) is 0 Å². The SMILES string of the molecule is CCOC(=O)C12CC1/C=C/CCCCCN(Cc1ccc(OC)cc1)C(=O)N1CC(Oc3nc(-c4ccc(F)cc4)nc4c(C)c(OC)ccc34)CC1C(=O)N2. The lowest BCUT2D eigenvalue weighted by Gasteiger charge is -2.32. The molecule has 0 radical (unpaired) electrons. The highest BCUT2D eigenvalue weighted by molar-refractivity contribution is 5.95. The molecule has 1 aromatic heterocycles. The fraction of sp³-hybridized carbons (Fsp3) is 0.419. The summed E-state index contributed by atoms with van der Waals surface area (Å²) in [5.41, 5.74) is 1.65. The molecule has 12 nitrogen and oxygen atoms in total. The Balaban J connectivity index is 1.25. The second-order valence-corrected chi connectivity index (χ2v) is 14.6. The molecule has 1 N–H and O–H groups in total. The van der Waals surface area contributed by atoms with Crippen LogP contribution in [-0.4, -0.2) is 89.3 Å². The average molecular weight is 766 g/mol. The maximum Gasteiger partial charge on any atom is 0.332 e. The molecule has 4 atom stereocenters. The Bertz CT molecular complexity index is 2110. The number of rotatable bonds is 9. The lowest BCUT2D eigenvalue weighted by Crippen LogP contribution is -2.55. The predicted molar refractivity (Wildman–Crippen MR) is 208 cm³/mol. The minimum Gasteiger partial charge on any atom is -0.497 e. The maximum atomic E-state index is 14.8. The lowest BCUT2D eigenvalue weighted by molar-refractivity contribution is -0.149. The molecule has 3 heterocycles. The fourth-order valence-corrected chi connectivity index (χ4v) is 7.72. The molecule has 3 aliphatic rings. The molecule has 56 heavy (non-hydrogen) atoms. The summed E-state index contributed by atoms with van der Waals surface area (Å²) < 4.78 is 37.0. The topological polar surface area (TPSA) is 132 Å². The molecule has 4 aromatic rings. The summed E-state index contributed by atoms with van der Waals surface area (Å²) in [4.78, 5) is 55.6. The van der Waals surface area contributed by atoms with Crippen molar-refractivity contribution in [1.29, 1.82) is 0 Å². The van der Waals surface area contributed by atoms with E-state index in [0.29, 0.717) is 53.3 Å². The molecule has 1 saturated heterocycles. The fourth-order valence-electron chi connectivity index (χ4n) is 7.72. The molecule has 2 fully saturated rings. The van der Waals surface area contributed by atoms with Crippen LogP contribution in [-0.2, 0) is 20.9 Å². The van der Waals surface area contributed by atoms with Gasteiger partial charge in [-0.05, 0) is 93.6 Å². The Morgan fingerprint density at radius 1 is 0.982 bits per heavy atom. The van der Waals surface area contributed by atoms with Crippen molar-refractivity contribution in [2.75, 3.05) is 33.9 Å². The molecular formula is C43H48FN5O7. The number of benzene rings is 3. The number of amides is 3. The first-order chi connectivity index (χ1) is 27.1. The third kappa shape index (κ3) is 7.98. The summed E-state index contributed by atoms with van der Waals surface area (Å²) in [5, 5.41) is 3.66. The van der Waals surface area contributed by atoms with Gasteiger partial charge in [0.2, 0.25) is 11.8 Å². The summed E-state index contributed by atoms with van der Waals surface area (Å²) >= 11 is 0. The standard InChI is InChI=1S/C43H48FN5O7/c1-5-55-41(51)43-24-30(43)11-9-7-6-8-10-22-48(25-28-12-18-32(53-3)19-13-28)42(52)49-26-33(23-35(49)39(50)47-43)56-40-34-20-21-36(54-4)27(2)37(34)45-38(46-40)29-14-16-31(44)17-15-29/h9,11-21,30,33,35H,5-8,10,22-26H2,1-4H3,(H,47,50)/b11-9+. The van der Waals surface area contributed by atoms with Crippen molar-refractivity contribution in [3.63, 3.8) is 0 Å². The van der Waals surface area contributed by atoms with Crippen LogP contribution < -0.4 is 19.5 Å². The number of hydrogen-bond donors (Lipinski definition) is 1. The monoisotopic (exact) mass is 765 g/mol. The minimum atomic E-state index is -1.20. The van der Waals surface area contributed by atoms with E-state index in [4.69, 9.17) is 28.9 Å². The van der Waals surface area contributed by atoms with Gasteiger partial charge in [0, 0.05) is 36.6 Å². The van der Waals surface area contributed by atoms with Gasteiger partial charge in [-0.1, -0.05) is 30.7 Å². The molecule has 0 spiro atoms. The summed E-state index contributed by atoms with van der Waals surface area (Å²) in [6.07, 6.45) is 7.41. The van der Waals surface area contributed by atoms with Crippen molar-refractivity contribution >= 4 is 28.8 Å². The van der Waals surface area contributed by atoms with Gasteiger partial charge in [-0.3, -0.25) is 4.79 Å². The van der Waals surface area contributed by atoms with Crippen molar-refractivity contribution in [3.05, 3.63) is 89.8 Å². The van der Waals surface area contributed by atoms with Gasteiger partial charge in [0.1, 0.15) is 35.0 Å². The number of allylic oxidation sites excluding steroid dienone is 1. The summed E-state index contributed by atoms with van der Waals surface area (Å²) in [6, 6.07) is 15.8. The van der Waals surface area contributed by atoms with Gasteiger partial charge in [0.15, 0.2) is 5.82 Å². The first-order valence-corrected chi connectivity index (χ1v) is 19.3. The number of nitrogens with zero attached hydrogens (tertiary/aromatic N) is 4. The number of ether oxygens (including phenoxy) is 4. The molecular weight excluding hydrogens is 717 g/mol. The molecule has 0 bridgehead atoms. The maximum absolute atomic E-state index is 14.8. The van der Waals surface area contributed by atoms with Crippen molar-refractivity contribution in [2.24, 2.45) is 5.92 Å². The zero-order valence-electron chi connectivity index (χ0n) is 32.3. The molecule has 3 aromatic carbocycles. The van der Waals surface area contributed by atoms with Gasteiger partial charge in [-0.25, -0.2) is 19.0 Å². The van der Waals surface area contributed by atoms with Crippen LogP contribution in [0, 0.1) is 18.7 Å². The molecule has 3 amide bonds. The van der Waals surface area contributed by atoms with Crippen molar-refractivity contribution in [2.45, 2.75) is 76.6 Å². The Hall–Kier alpha value is -5.72. The number of nitrogens with one attached hydrogen (secondary N) is 1. The summed E-state index contributed by atoms with van der Waals surface area (Å²) in [7, 11) is 3.19. The van der Waals surface area contributed by atoms with E-state index in [1.54, 1.807) is 43.1 Å². The van der Waals surface area contributed by atoms with Crippen LogP contribution in [0.3, 0.4) is 0 Å². The zero-order chi connectivity index (χ0) is 39.4. The van der Waals surface area contributed by atoms with Crippen LogP contribution in [0.5, 0.6) is 17.4 Å². The minimum absolute atomic E-state index is 0.0816. The predicted octanol–water partition coefficient (Wildman–Crippen LogP) is 6.77. The normalized spacial score (nSPS) is 23.3. The molecule has 2 aliphatic heterocycles. The summed E-state index contributed by atoms with van der Waals surface area (Å²) in [6.45, 7) is 4.70. The van der Waals surface area contributed by atoms with Gasteiger partial charge < -0.3 is 34.1 Å². The Morgan fingerprint density at radius 2 is 1.77 bits per heavy atom. The highest BCUT2D eigenvalue weighted by Gasteiger charge is 2.62. The molecule has 13 heteroatoms. The van der Waals surface area contributed by atoms with Gasteiger partial charge >= 0.3 is 12.0 Å². The average Bonchev–Trinajstić information content (AvgIpc) is 3.74. The highest BCUT2D eigenvalue weighted by atomic mass is 19.1. The highest BCUT2D eigenvalue weighted by Crippen LogP contribution is 2.46. The zero-order valence-corrected chi connectivity index (χ0v) is 32.3. The Morgan fingerprint density at radius 3 is 2.50 bits per heavy atom. The van der Waals surface area contributed by atoms with E-state index in [1.165, 1.54) is 12.1 Å². The van der Waals surface area contributed by atoms with Crippen molar-refractivity contribution in [3.8, 4) is 28.8 Å². The van der Waals surface area contributed by atoms with E-state index in [-0.39, 0.29) is 43.2 Å². The van der Waals surface area contributed by atoms with Crippen LogP contribution >= 0.6 is 0 Å². The van der Waals surface area contributed by atoms with E-state index >= 15 is 0 Å². The summed E-state index contributed by atoms with van der Waals surface area (Å²) in [5.74, 6) is 0.381. The van der Waals surface area contributed by atoms with E-state index in [0.717, 1.165) is 36.8 Å². The smallest absolute Gasteiger partial charge is 0.332 e. The largest absolute Gasteiger partial charge is 0.497 e. The molecule has 1 aliphatic carbocycles. The van der Waals surface area contributed by atoms with Gasteiger partial charge in [0.25, 0.3) is 0 Å². The molecule has 7 rings (SSSR count). The number of esters is 1. The van der Waals surface area contributed by atoms with Gasteiger partial charge in [-0.2, -0.15) is 4.98 Å². The van der Waals surface area contributed by atoms with E-state index < -0.39 is 29.6 Å². The van der Waals surface area contributed by atoms with Crippen molar-refractivity contribution < 1.29 is 37.7 Å². The van der Waals surface area contributed by atoms with E-state index in [1.807, 2.05) is 49.4 Å². The quantitative estimate of drug-likeness (QED) is 0.145. The number of carbonyl (C=O) groups is 3. The lowest BCUT2D eigenvalue weighted by atomic mass is 10.1. The molecule has 294 valence electrons. The second-order valence-electron chi connectivity index (χ2n) is 14.6. The van der Waals surface area contributed by atoms with Gasteiger partial charge in [0.05, 0.1) is 38.3 Å². The van der Waals surface area contributed by atoms with Crippen molar-refractivity contribution in [1.82, 2.24) is 25.1 Å². The number of fused-ring (bicyclic) bond motifs is 3. The van der Waals surface area contributed by atoms with Crippen LogP contribution in [0.25, 0.3) is 22.3 Å². The van der Waals surface area contributed by atoms with E-state index in [2.05, 4.69) is 11.4 Å². The van der Waals surface area contributed by atoms with E-state index in [9.17, 15) is 18.8 Å². The van der Waals surface area contributed by atoms with Crippen LogP contribution in [0.1, 0.15) is 56.6 Å². The number of urea groups is 1. The first-order valence-electron chi connectivity index (χ1n) is 19.3. The first kappa shape index (κ1) is 38.6. The number of hydrogen-bond acceptors (Lipinski definition) is 9. The number of aromatic nitrogens is 2. The molecule has 4 unspecified atom stereocenters. The number of halogens is 1. The van der Waals surface area contributed by atoms with Crippen LogP contribution in [0.4, 0.5) is 9.18 Å². The second kappa shape index (κ2) is 16.6. The Kier molecular flexibility index (Phi) is 11.4. The number of aryl methyl sites for hydroxylation is 1. The molecule has 1 saturated carbocycles. The Labute approximate surface area is 326 Å². The van der Waals surface area contributed by atoms with Crippen LogP contribution in [0.15, 0.2) is 72.8 Å². The number of carbonyl (C=O) groups excluding carboxylic acids is 3. The van der Waals surface area contributed by atoms with Crippen LogP contribution in [0.2, 0.25) is 0 Å².